The van der Waals surface area contributed by atoms with Crippen LogP contribution in [0.3, 0.4) is 0 Å². The molecule has 1 saturated heterocycles. The molecule has 1 aliphatic heterocycles. The summed E-state index contributed by atoms with van der Waals surface area (Å²) in [6, 6.07) is 4.84. The van der Waals surface area contributed by atoms with Crippen molar-refractivity contribution in [2.75, 3.05) is 0 Å². The molecule has 1 N–H and O–H groups in total. The van der Waals surface area contributed by atoms with Crippen LogP contribution in [-0.4, -0.2) is 29.9 Å². The molecule has 0 unspecified atom stereocenters. The van der Waals surface area contributed by atoms with Crippen molar-refractivity contribution in [3.8, 4) is 0 Å². The number of aryl methyl sites for hydroxylation is 1. The van der Waals surface area contributed by atoms with E-state index >= 15 is 0 Å². The molecule has 0 aromatic heterocycles. The number of hydrogen-bond acceptors (Lipinski definition) is 3. The molecule has 0 saturated carbocycles. The van der Waals surface area contributed by atoms with Crippen molar-refractivity contribution in [2.24, 2.45) is 0 Å². The van der Waals surface area contributed by atoms with Gasteiger partial charge in [0.25, 0.3) is 6.43 Å². The number of aliphatic hydroxyl groups is 1. The van der Waals surface area contributed by atoms with E-state index in [4.69, 9.17) is 9.31 Å². The summed E-state index contributed by atoms with van der Waals surface area (Å²) in [7, 11) is -0.640. The van der Waals surface area contributed by atoms with Gasteiger partial charge in [-0.05, 0) is 52.1 Å². The normalized spacial score (nSPS) is 22.4. The third-order valence-corrected chi connectivity index (χ3v) is 5.19. The van der Waals surface area contributed by atoms with Crippen LogP contribution in [0, 0.1) is 6.92 Å². The summed E-state index contributed by atoms with van der Waals surface area (Å²) in [4.78, 5) is 0. The van der Waals surface area contributed by atoms with Crippen molar-refractivity contribution in [1.29, 1.82) is 0 Å². The highest BCUT2D eigenvalue weighted by Crippen LogP contribution is 2.37. The lowest BCUT2D eigenvalue weighted by molar-refractivity contribution is -0.104. The zero-order valence-corrected chi connectivity index (χ0v) is 14.6. The van der Waals surface area contributed by atoms with E-state index < -0.39 is 30.3 Å². The molecule has 0 bridgehead atoms. The highest BCUT2D eigenvalue weighted by atomic mass is 19.3. The fourth-order valence-corrected chi connectivity index (χ4v) is 2.62. The quantitative estimate of drug-likeness (QED) is 0.864. The average molecular weight is 326 g/mol. The zero-order valence-electron chi connectivity index (χ0n) is 14.6. The first kappa shape index (κ1) is 18.4. The van der Waals surface area contributed by atoms with Gasteiger partial charge in [0.05, 0.1) is 11.2 Å². The predicted molar refractivity (Wildman–Crippen MR) is 87.1 cm³/mol. The number of alkyl halides is 2. The van der Waals surface area contributed by atoms with Gasteiger partial charge in [0, 0.05) is 0 Å². The van der Waals surface area contributed by atoms with Crippen molar-refractivity contribution in [2.45, 2.75) is 71.2 Å². The minimum absolute atomic E-state index is 0.0729. The summed E-state index contributed by atoms with van der Waals surface area (Å²) in [6.45, 7) is 11.2. The van der Waals surface area contributed by atoms with Crippen LogP contribution in [-0.2, 0) is 14.9 Å². The van der Waals surface area contributed by atoms with Crippen molar-refractivity contribution < 1.29 is 23.2 Å². The van der Waals surface area contributed by atoms with Gasteiger partial charge in [0.1, 0.15) is 5.60 Å². The second-order valence-electron chi connectivity index (χ2n) is 7.24. The van der Waals surface area contributed by atoms with Crippen molar-refractivity contribution in [3.63, 3.8) is 0 Å². The van der Waals surface area contributed by atoms with Crippen molar-refractivity contribution in [1.82, 2.24) is 0 Å². The second-order valence-corrected chi connectivity index (χ2v) is 7.24. The van der Waals surface area contributed by atoms with Crippen molar-refractivity contribution in [3.05, 3.63) is 29.3 Å². The molecule has 1 aromatic carbocycles. The van der Waals surface area contributed by atoms with E-state index in [9.17, 15) is 13.9 Å². The summed E-state index contributed by atoms with van der Waals surface area (Å²) in [6.07, 6.45) is -2.93. The van der Waals surface area contributed by atoms with Crippen LogP contribution in [0.1, 0.15) is 52.2 Å². The molecule has 128 valence electrons. The Morgan fingerprint density at radius 3 is 2.13 bits per heavy atom. The van der Waals surface area contributed by atoms with Gasteiger partial charge < -0.3 is 14.4 Å². The standard InChI is InChI=1S/C17H25BF2O3/c1-7-17(21,14(19)20)12-9-8-11(2)13(10-12)18-22-15(3,4)16(5,6)23-18/h8-10,14,21H,7H2,1-6H3/t17-/m0/s1. The van der Waals surface area contributed by atoms with Crippen LogP contribution in [0.5, 0.6) is 0 Å². The molecular formula is C17H25BF2O3. The van der Waals surface area contributed by atoms with E-state index in [2.05, 4.69) is 0 Å². The molecule has 6 heteroatoms. The fourth-order valence-electron chi connectivity index (χ4n) is 2.62. The molecule has 0 spiro atoms. The lowest BCUT2D eigenvalue weighted by Gasteiger charge is -2.32. The highest BCUT2D eigenvalue weighted by molar-refractivity contribution is 6.62. The van der Waals surface area contributed by atoms with E-state index in [1.165, 1.54) is 0 Å². The van der Waals surface area contributed by atoms with E-state index in [1.807, 2.05) is 34.6 Å². The smallest absolute Gasteiger partial charge is 0.399 e. The summed E-state index contributed by atoms with van der Waals surface area (Å²) >= 11 is 0. The molecule has 0 amide bonds. The zero-order chi connectivity index (χ0) is 17.6. The first-order valence-corrected chi connectivity index (χ1v) is 7.92. The van der Waals surface area contributed by atoms with Crippen LogP contribution < -0.4 is 5.46 Å². The number of halogens is 2. The van der Waals surface area contributed by atoms with Gasteiger partial charge in [-0.2, -0.15) is 0 Å². The van der Waals surface area contributed by atoms with E-state index in [-0.39, 0.29) is 12.0 Å². The lowest BCUT2D eigenvalue weighted by Crippen LogP contribution is -2.41. The Morgan fingerprint density at radius 2 is 1.70 bits per heavy atom. The fraction of sp³-hybridized carbons (Fsp3) is 0.647. The molecule has 1 fully saturated rings. The Bertz CT molecular complexity index is 573. The third-order valence-electron chi connectivity index (χ3n) is 5.19. The summed E-state index contributed by atoms with van der Waals surface area (Å²) < 4.78 is 38.6. The first-order chi connectivity index (χ1) is 10.4. The molecular weight excluding hydrogens is 301 g/mol. The van der Waals surface area contributed by atoms with Gasteiger partial charge >= 0.3 is 7.12 Å². The monoisotopic (exact) mass is 326 g/mol. The van der Waals surface area contributed by atoms with Gasteiger partial charge in [-0.3, -0.25) is 0 Å². The summed E-state index contributed by atoms with van der Waals surface area (Å²) in [5, 5.41) is 10.3. The second kappa shape index (κ2) is 5.83. The lowest BCUT2D eigenvalue weighted by atomic mass is 9.74. The molecule has 23 heavy (non-hydrogen) atoms. The maximum Gasteiger partial charge on any atom is 0.495 e. The van der Waals surface area contributed by atoms with Crippen LogP contribution in [0.2, 0.25) is 0 Å². The molecule has 0 aliphatic carbocycles. The Labute approximate surface area is 137 Å². The molecule has 1 heterocycles. The Balaban J connectivity index is 2.44. The average Bonchev–Trinajstić information content (AvgIpc) is 2.66. The molecule has 1 atom stereocenters. The maximum atomic E-state index is 13.3. The van der Waals surface area contributed by atoms with E-state index in [1.54, 1.807) is 25.1 Å². The summed E-state index contributed by atoms with van der Waals surface area (Å²) in [5.41, 5.74) is -1.45. The SMILES string of the molecule is CC[C@](O)(c1ccc(C)c(B2OC(C)(C)C(C)(C)O2)c1)C(F)F. The summed E-state index contributed by atoms with van der Waals surface area (Å²) in [5.74, 6) is 0. The van der Waals surface area contributed by atoms with Gasteiger partial charge in [-0.25, -0.2) is 8.78 Å². The maximum absolute atomic E-state index is 13.3. The first-order valence-electron chi connectivity index (χ1n) is 7.92. The number of hydrogen-bond donors (Lipinski definition) is 1. The number of rotatable bonds is 4. The van der Waals surface area contributed by atoms with E-state index in [0.29, 0.717) is 5.46 Å². The van der Waals surface area contributed by atoms with Crippen LogP contribution in [0.15, 0.2) is 18.2 Å². The third kappa shape index (κ3) is 3.04. The van der Waals surface area contributed by atoms with Gasteiger partial charge in [0.15, 0.2) is 0 Å². The highest BCUT2D eigenvalue weighted by Gasteiger charge is 2.52. The van der Waals surface area contributed by atoms with Gasteiger partial charge in [-0.1, -0.05) is 30.7 Å². The molecule has 0 radical (unpaired) electrons. The van der Waals surface area contributed by atoms with Crippen LogP contribution in [0.25, 0.3) is 0 Å². The van der Waals surface area contributed by atoms with Crippen LogP contribution >= 0.6 is 0 Å². The Hall–Kier alpha value is -0.975. The predicted octanol–water partition coefficient (Wildman–Crippen LogP) is 3.16. The molecule has 1 aliphatic rings. The molecule has 2 rings (SSSR count). The molecule has 1 aromatic rings. The van der Waals surface area contributed by atoms with Crippen LogP contribution in [0.4, 0.5) is 8.78 Å². The Morgan fingerprint density at radius 1 is 1.17 bits per heavy atom. The Kier molecular flexibility index (Phi) is 4.66. The van der Waals surface area contributed by atoms with Gasteiger partial charge in [-0.15, -0.1) is 0 Å². The van der Waals surface area contributed by atoms with Gasteiger partial charge in [0.2, 0.25) is 0 Å². The van der Waals surface area contributed by atoms with Crippen molar-refractivity contribution >= 4 is 12.6 Å². The largest absolute Gasteiger partial charge is 0.495 e. The number of benzene rings is 1. The topological polar surface area (TPSA) is 38.7 Å². The minimum Gasteiger partial charge on any atom is -0.399 e. The molecule has 3 nitrogen and oxygen atoms in total. The van der Waals surface area contributed by atoms with E-state index in [0.717, 1.165) is 5.56 Å². The minimum atomic E-state index is -2.86.